The lowest BCUT2D eigenvalue weighted by Crippen LogP contribution is -2.59. The van der Waals surface area contributed by atoms with Crippen molar-refractivity contribution in [3.8, 4) is 0 Å². The summed E-state index contributed by atoms with van der Waals surface area (Å²) in [6.45, 7) is 8.94. The van der Waals surface area contributed by atoms with Crippen molar-refractivity contribution in [2.45, 2.75) is 57.7 Å². The van der Waals surface area contributed by atoms with E-state index in [1.807, 2.05) is 21.2 Å². The Morgan fingerprint density at radius 3 is 1.67 bits per heavy atom. The van der Waals surface area contributed by atoms with Crippen molar-refractivity contribution in [3.63, 3.8) is 0 Å². The van der Waals surface area contributed by atoms with Crippen molar-refractivity contribution in [3.05, 3.63) is 0 Å². The molecule has 92 valence electrons. The Morgan fingerprint density at radius 2 is 1.40 bits per heavy atom. The second kappa shape index (κ2) is 5.83. The molecule has 0 bridgehead atoms. The van der Waals surface area contributed by atoms with E-state index in [1.54, 1.807) is 0 Å². The molecule has 1 rings (SSSR count). The predicted octanol–water partition coefficient (Wildman–Crippen LogP) is 1.78. The van der Waals surface area contributed by atoms with Crippen molar-refractivity contribution in [2.24, 2.45) is 0 Å². The third kappa shape index (κ3) is 6.13. The summed E-state index contributed by atoms with van der Waals surface area (Å²) in [7, 11) is 5.56. The average molecular weight is 216 g/mol. The number of hydrogen-bond donors (Lipinski definition) is 2. The molecular formula is C12H28N2O. The van der Waals surface area contributed by atoms with Gasteiger partial charge in [0.1, 0.15) is 0 Å². The summed E-state index contributed by atoms with van der Waals surface area (Å²) in [6.07, 6.45) is 2.62. The molecule has 0 aliphatic carbocycles. The van der Waals surface area contributed by atoms with Crippen molar-refractivity contribution >= 4 is 0 Å². The Balaban J connectivity index is 0.000000583. The molecule has 15 heavy (non-hydrogen) atoms. The smallest absolute Gasteiger partial charge is 0.0606 e. The molecule has 3 nitrogen and oxygen atoms in total. The van der Waals surface area contributed by atoms with Crippen LogP contribution in [0.5, 0.6) is 0 Å². The number of piperidine rings is 1. The van der Waals surface area contributed by atoms with E-state index in [-0.39, 0.29) is 11.1 Å². The molecule has 1 fully saturated rings. The fourth-order valence-corrected chi connectivity index (χ4v) is 2.40. The van der Waals surface area contributed by atoms with Crippen LogP contribution in [0.25, 0.3) is 0 Å². The van der Waals surface area contributed by atoms with Gasteiger partial charge < -0.3 is 15.4 Å². The van der Waals surface area contributed by atoms with E-state index >= 15 is 0 Å². The first-order valence-corrected chi connectivity index (χ1v) is 5.67. The number of ether oxygens (including phenoxy) is 1. The second-order valence-electron chi connectivity index (χ2n) is 5.66. The zero-order valence-electron chi connectivity index (χ0n) is 11.4. The molecule has 0 saturated carbocycles. The first-order chi connectivity index (χ1) is 6.76. The van der Waals surface area contributed by atoms with Crippen LogP contribution in [0.2, 0.25) is 0 Å². The molecule has 3 heteroatoms. The number of hydrogen-bond acceptors (Lipinski definition) is 3. The number of rotatable bonds is 1. The van der Waals surface area contributed by atoms with Gasteiger partial charge in [0.25, 0.3) is 0 Å². The zero-order chi connectivity index (χ0) is 12.1. The molecule has 0 atom stereocenters. The molecule has 0 spiro atoms. The first-order valence-electron chi connectivity index (χ1n) is 5.67. The second-order valence-corrected chi connectivity index (χ2v) is 5.66. The van der Waals surface area contributed by atoms with Crippen molar-refractivity contribution in [2.75, 3.05) is 21.2 Å². The molecule has 1 heterocycles. The van der Waals surface area contributed by atoms with E-state index in [1.165, 1.54) is 0 Å². The monoisotopic (exact) mass is 216 g/mol. The maximum atomic E-state index is 5.42. The fraction of sp³-hybridized carbons (Fsp3) is 1.00. The van der Waals surface area contributed by atoms with Gasteiger partial charge in [-0.05, 0) is 54.6 Å². The van der Waals surface area contributed by atoms with E-state index < -0.39 is 0 Å². The SMILES string of the molecule is CNC.COC1CC(C)(C)NC(C)(C)C1. The minimum atomic E-state index is 0.211. The lowest BCUT2D eigenvalue weighted by Gasteiger charge is -2.45. The average Bonchev–Trinajstić information content (AvgIpc) is 1.99. The van der Waals surface area contributed by atoms with Gasteiger partial charge in [0.2, 0.25) is 0 Å². The Hall–Kier alpha value is -0.120. The van der Waals surface area contributed by atoms with Crippen LogP contribution in [-0.2, 0) is 4.74 Å². The van der Waals surface area contributed by atoms with Crippen LogP contribution in [0.3, 0.4) is 0 Å². The van der Waals surface area contributed by atoms with E-state index in [0.29, 0.717) is 6.10 Å². The highest BCUT2D eigenvalue weighted by Gasteiger charge is 2.37. The summed E-state index contributed by atoms with van der Waals surface area (Å²) in [4.78, 5) is 0. The van der Waals surface area contributed by atoms with Gasteiger partial charge in [-0.25, -0.2) is 0 Å². The largest absolute Gasteiger partial charge is 0.381 e. The van der Waals surface area contributed by atoms with E-state index in [9.17, 15) is 0 Å². The molecule has 2 N–H and O–H groups in total. The fourth-order valence-electron chi connectivity index (χ4n) is 2.40. The summed E-state index contributed by atoms with van der Waals surface area (Å²) >= 11 is 0. The van der Waals surface area contributed by atoms with E-state index in [2.05, 4.69) is 38.3 Å². The number of nitrogens with one attached hydrogen (secondary N) is 2. The quantitative estimate of drug-likeness (QED) is 0.701. The van der Waals surface area contributed by atoms with Gasteiger partial charge in [0.05, 0.1) is 6.10 Å². The van der Waals surface area contributed by atoms with Gasteiger partial charge >= 0.3 is 0 Å². The van der Waals surface area contributed by atoms with Crippen LogP contribution in [0, 0.1) is 0 Å². The van der Waals surface area contributed by atoms with Crippen LogP contribution >= 0.6 is 0 Å². The molecule has 0 aromatic heterocycles. The van der Waals surface area contributed by atoms with Crippen LogP contribution < -0.4 is 10.6 Å². The predicted molar refractivity (Wildman–Crippen MR) is 66.3 cm³/mol. The van der Waals surface area contributed by atoms with Crippen LogP contribution in [0.4, 0.5) is 0 Å². The molecule has 1 aliphatic rings. The molecule has 1 saturated heterocycles. The lowest BCUT2D eigenvalue weighted by molar-refractivity contribution is 0.00597. The summed E-state index contributed by atoms with van der Waals surface area (Å²) in [5, 5.41) is 6.37. The highest BCUT2D eigenvalue weighted by Crippen LogP contribution is 2.29. The van der Waals surface area contributed by atoms with Crippen molar-refractivity contribution < 1.29 is 4.74 Å². The minimum absolute atomic E-state index is 0.211. The molecule has 0 amide bonds. The Kier molecular flexibility index (Phi) is 5.78. The van der Waals surface area contributed by atoms with Crippen LogP contribution in [0.1, 0.15) is 40.5 Å². The standard InChI is InChI=1S/C10H21NO.C2H7N/c1-9(2)6-8(12-5)7-10(3,4)11-9;1-3-2/h8,11H,6-7H2,1-5H3;3H,1-2H3. The zero-order valence-corrected chi connectivity index (χ0v) is 11.4. The van der Waals surface area contributed by atoms with Gasteiger partial charge in [-0.1, -0.05) is 0 Å². The summed E-state index contributed by atoms with van der Waals surface area (Å²) in [5.74, 6) is 0. The van der Waals surface area contributed by atoms with E-state index in [4.69, 9.17) is 4.74 Å². The summed E-state index contributed by atoms with van der Waals surface area (Å²) in [5.41, 5.74) is 0.421. The molecule has 0 unspecified atom stereocenters. The van der Waals surface area contributed by atoms with Gasteiger partial charge in [0, 0.05) is 18.2 Å². The number of methoxy groups -OCH3 is 1. The van der Waals surface area contributed by atoms with Crippen molar-refractivity contribution in [1.29, 1.82) is 0 Å². The van der Waals surface area contributed by atoms with Crippen LogP contribution in [-0.4, -0.2) is 38.4 Å². The first kappa shape index (κ1) is 14.9. The lowest BCUT2D eigenvalue weighted by atomic mass is 9.81. The molecule has 1 aliphatic heterocycles. The maximum absolute atomic E-state index is 5.42. The summed E-state index contributed by atoms with van der Waals surface area (Å²) < 4.78 is 5.42. The normalized spacial score (nSPS) is 24.2. The summed E-state index contributed by atoms with van der Waals surface area (Å²) in [6, 6.07) is 0. The Morgan fingerprint density at radius 1 is 1.07 bits per heavy atom. The molecule has 0 radical (unpaired) electrons. The van der Waals surface area contributed by atoms with Gasteiger partial charge in [-0.3, -0.25) is 0 Å². The topological polar surface area (TPSA) is 33.3 Å². The van der Waals surface area contributed by atoms with E-state index in [0.717, 1.165) is 12.8 Å². The molecular weight excluding hydrogens is 188 g/mol. The van der Waals surface area contributed by atoms with Gasteiger partial charge in [0.15, 0.2) is 0 Å². The van der Waals surface area contributed by atoms with Crippen molar-refractivity contribution in [1.82, 2.24) is 10.6 Å². The third-order valence-electron chi connectivity index (χ3n) is 2.49. The minimum Gasteiger partial charge on any atom is -0.381 e. The van der Waals surface area contributed by atoms with Gasteiger partial charge in [-0.2, -0.15) is 0 Å². The van der Waals surface area contributed by atoms with Crippen LogP contribution in [0.15, 0.2) is 0 Å². The highest BCUT2D eigenvalue weighted by molar-refractivity contribution is 4.97. The highest BCUT2D eigenvalue weighted by atomic mass is 16.5. The Labute approximate surface area is 95.0 Å². The Bertz CT molecular complexity index is 162. The molecule has 0 aromatic carbocycles. The molecule has 0 aromatic rings. The maximum Gasteiger partial charge on any atom is 0.0606 e. The van der Waals surface area contributed by atoms with Gasteiger partial charge in [-0.15, -0.1) is 0 Å². The third-order valence-corrected chi connectivity index (χ3v) is 2.49.